The number of hydrogen-bond acceptors (Lipinski definition) is 2. The minimum Gasteiger partial charge on any atom is -0.494 e. The van der Waals surface area contributed by atoms with Crippen molar-refractivity contribution in [3.63, 3.8) is 0 Å². The maximum Gasteiger partial charge on any atom is 0.182 e. The van der Waals surface area contributed by atoms with Crippen LogP contribution in [-0.4, -0.2) is 16.7 Å². The molecule has 7 heteroatoms. The predicted octanol–water partition coefficient (Wildman–Crippen LogP) is 5.14. The Kier molecular flexibility index (Phi) is 3.65. The van der Waals surface area contributed by atoms with Crippen molar-refractivity contribution < 1.29 is 9.13 Å². The number of fused-ring (bicyclic) bond motifs is 1. The molecule has 0 atom stereocenters. The SMILES string of the molecule is COc1cc2c(cc1F)[nH]c(=S)n2-c1cc(Cl)ccc1Cl. The van der Waals surface area contributed by atoms with Gasteiger partial charge in [-0.3, -0.25) is 4.57 Å². The van der Waals surface area contributed by atoms with Gasteiger partial charge in [-0.25, -0.2) is 4.39 Å². The Morgan fingerprint density at radius 2 is 2.00 bits per heavy atom. The summed E-state index contributed by atoms with van der Waals surface area (Å²) in [5, 5.41) is 1.01. The molecule has 3 aromatic rings. The van der Waals surface area contributed by atoms with Crippen LogP contribution in [0.3, 0.4) is 0 Å². The fourth-order valence-corrected chi connectivity index (χ4v) is 2.84. The first-order chi connectivity index (χ1) is 10.0. The van der Waals surface area contributed by atoms with Gasteiger partial charge in [0.25, 0.3) is 0 Å². The highest BCUT2D eigenvalue weighted by Gasteiger charge is 2.14. The van der Waals surface area contributed by atoms with E-state index in [9.17, 15) is 4.39 Å². The van der Waals surface area contributed by atoms with Crippen LogP contribution in [0.4, 0.5) is 4.39 Å². The number of imidazole rings is 1. The number of ether oxygens (including phenoxy) is 1. The zero-order chi connectivity index (χ0) is 15.1. The first-order valence-electron chi connectivity index (χ1n) is 5.95. The van der Waals surface area contributed by atoms with Crippen LogP contribution in [0.2, 0.25) is 10.0 Å². The average molecular weight is 343 g/mol. The second-order valence-electron chi connectivity index (χ2n) is 4.37. The molecule has 0 aliphatic carbocycles. The Morgan fingerprint density at radius 3 is 2.71 bits per heavy atom. The Balaban J connectivity index is 2.39. The van der Waals surface area contributed by atoms with E-state index in [1.165, 1.54) is 13.2 Å². The van der Waals surface area contributed by atoms with Gasteiger partial charge in [0.2, 0.25) is 0 Å². The van der Waals surface area contributed by atoms with Crippen LogP contribution in [0.1, 0.15) is 0 Å². The number of aromatic nitrogens is 2. The number of benzene rings is 2. The van der Waals surface area contributed by atoms with Crippen molar-refractivity contribution >= 4 is 46.5 Å². The molecule has 0 spiro atoms. The Labute approximate surface area is 134 Å². The molecule has 108 valence electrons. The molecule has 3 rings (SSSR count). The molecule has 0 fully saturated rings. The number of methoxy groups -OCH3 is 1. The number of nitrogens with one attached hydrogen (secondary N) is 1. The van der Waals surface area contributed by atoms with Crippen LogP contribution in [0.15, 0.2) is 30.3 Å². The second kappa shape index (κ2) is 5.33. The highest BCUT2D eigenvalue weighted by molar-refractivity contribution is 7.71. The quantitative estimate of drug-likeness (QED) is 0.653. The van der Waals surface area contributed by atoms with Crippen molar-refractivity contribution in [2.24, 2.45) is 0 Å². The lowest BCUT2D eigenvalue weighted by atomic mass is 10.2. The van der Waals surface area contributed by atoms with E-state index in [2.05, 4.69) is 4.98 Å². The van der Waals surface area contributed by atoms with Crippen molar-refractivity contribution in [2.45, 2.75) is 0 Å². The molecule has 1 N–H and O–H groups in total. The fourth-order valence-electron chi connectivity index (χ4n) is 2.16. The number of halogens is 3. The maximum atomic E-state index is 13.8. The van der Waals surface area contributed by atoms with Gasteiger partial charge in [0.1, 0.15) is 0 Å². The van der Waals surface area contributed by atoms with Crippen LogP contribution >= 0.6 is 35.4 Å². The molecule has 0 amide bonds. The van der Waals surface area contributed by atoms with Crippen LogP contribution in [-0.2, 0) is 0 Å². The van der Waals surface area contributed by atoms with Gasteiger partial charge in [-0.1, -0.05) is 23.2 Å². The molecular weight excluding hydrogens is 334 g/mol. The van der Waals surface area contributed by atoms with Gasteiger partial charge in [0, 0.05) is 17.2 Å². The Hall–Kier alpha value is -1.56. The van der Waals surface area contributed by atoms with E-state index in [1.807, 2.05) is 0 Å². The fraction of sp³-hybridized carbons (Fsp3) is 0.0714. The van der Waals surface area contributed by atoms with Gasteiger partial charge < -0.3 is 9.72 Å². The molecule has 0 bridgehead atoms. The largest absolute Gasteiger partial charge is 0.494 e. The summed E-state index contributed by atoms with van der Waals surface area (Å²) in [6, 6.07) is 7.96. The minimum absolute atomic E-state index is 0.128. The third-order valence-electron chi connectivity index (χ3n) is 3.10. The van der Waals surface area contributed by atoms with E-state index >= 15 is 0 Å². The number of rotatable bonds is 2. The van der Waals surface area contributed by atoms with Crippen molar-refractivity contribution in [2.75, 3.05) is 7.11 Å². The highest BCUT2D eigenvalue weighted by atomic mass is 35.5. The van der Waals surface area contributed by atoms with E-state index in [-0.39, 0.29) is 5.75 Å². The lowest BCUT2D eigenvalue weighted by Crippen LogP contribution is -1.96. The molecule has 0 unspecified atom stereocenters. The molecule has 0 saturated carbocycles. The van der Waals surface area contributed by atoms with Crippen LogP contribution in [0.5, 0.6) is 5.75 Å². The molecule has 1 aromatic heterocycles. The smallest absolute Gasteiger partial charge is 0.182 e. The summed E-state index contributed by atoms with van der Waals surface area (Å²) in [6.45, 7) is 0. The van der Waals surface area contributed by atoms with Gasteiger partial charge >= 0.3 is 0 Å². The summed E-state index contributed by atoms with van der Waals surface area (Å²) in [7, 11) is 1.40. The van der Waals surface area contributed by atoms with Gasteiger partial charge in [-0.15, -0.1) is 0 Å². The van der Waals surface area contributed by atoms with Crippen molar-refractivity contribution in [1.29, 1.82) is 0 Å². The molecule has 0 aliphatic rings. The Morgan fingerprint density at radius 1 is 1.24 bits per heavy atom. The predicted molar refractivity (Wildman–Crippen MR) is 85.0 cm³/mol. The lowest BCUT2D eigenvalue weighted by molar-refractivity contribution is 0.387. The van der Waals surface area contributed by atoms with Crippen LogP contribution in [0.25, 0.3) is 16.7 Å². The van der Waals surface area contributed by atoms with Gasteiger partial charge in [0.05, 0.1) is 28.9 Å². The molecule has 21 heavy (non-hydrogen) atoms. The molecule has 0 saturated heterocycles. The molecule has 0 radical (unpaired) electrons. The topological polar surface area (TPSA) is 29.9 Å². The number of hydrogen-bond donors (Lipinski definition) is 1. The van der Waals surface area contributed by atoms with E-state index in [0.29, 0.717) is 31.5 Å². The van der Waals surface area contributed by atoms with Gasteiger partial charge in [-0.05, 0) is 30.4 Å². The van der Waals surface area contributed by atoms with E-state index in [1.54, 1.807) is 28.8 Å². The van der Waals surface area contributed by atoms with E-state index in [4.69, 9.17) is 40.2 Å². The summed E-state index contributed by atoms with van der Waals surface area (Å²) in [4.78, 5) is 2.94. The maximum absolute atomic E-state index is 13.8. The van der Waals surface area contributed by atoms with Crippen LogP contribution in [0, 0.1) is 10.6 Å². The van der Waals surface area contributed by atoms with Crippen molar-refractivity contribution in [1.82, 2.24) is 9.55 Å². The summed E-state index contributed by atoms with van der Waals surface area (Å²) in [5.41, 5.74) is 1.82. The first-order valence-corrected chi connectivity index (χ1v) is 7.11. The minimum atomic E-state index is -0.467. The summed E-state index contributed by atoms with van der Waals surface area (Å²) >= 11 is 17.5. The summed E-state index contributed by atoms with van der Waals surface area (Å²) in [6.07, 6.45) is 0. The lowest BCUT2D eigenvalue weighted by Gasteiger charge is -2.09. The first kappa shape index (κ1) is 14.4. The summed E-state index contributed by atoms with van der Waals surface area (Å²) in [5.74, 6) is -0.339. The Bertz CT molecular complexity index is 904. The summed E-state index contributed by atoms with van der Waals surface area (Å²) < 4.78 is 20.9. The van der Waals surface area contributed by atoms with E-state index < -0.39 is 5.82 Å². The molecule has 3 nitrogen and oxygen atoms in total. The second-order valence-corrected chi connectivity index (χ2v) is 5.60. The number of H-pyrrole nitrogens is 1. The zero-order valence-electron chi connectivity index (χ0n) is 10.8. The van der Waals surface area contributed by atoms with Crippen molar-refractivity contribution in [3.8, 4) is 11.4 Å². The third kappa shape index (κ3) is 2.41. The molecule has 2 aromatic carbocycles. The molecular formula is C14H9Cl2FN2OS. The average Bonchev–Trinajstić information content (AvgIpc) is 2.75. The van der Waals surface area contributed by atoms with Crippen molar-refractivity contribution in [3.05, 3.63) is 51.0 Å². The van der Waals surface area contributed by atoms with E-state index in [0.717, 1.165) is 0 Å². The normalized spacial score (nSPS) is 11.0. The zero-order valence-corrected chi connectivity index (χ0v) is 13.1. The molecule has 1 heterocycles. The number of nitrogens with zero attached hydrogens (tertiary/aromatic N) is 1. The number of aromatic amines is 1. The molecule has 0 aliphatic heterocycles. The third-order valence-corrected chi connectivity index (χ3v) is 3.94. The highest BCUT2D eigenvalue weighted by Crippen LogP contribution is 2.31. The van der Waals surface area contributed by atoms with Crippen LogP contribution < -0.4 is 4.74 Å². The van der Waals surface area contributed by atoms with Gasteiger partial charge in [-0.2, -0.15) is 0 Å². The standard InChI is InChI=1S/C14H9Cl2FN2OS/c1-20-13-6-12-10(5-9(13)17)18-14(21)19(12)11-4-7(15)2-3-8(11)16/h2-6H,1H3,(H,18,21). The van der Waals surface area contributed by atoms with Gasteiger partial charge in [0.15, 0.2) is 16.3 Å². The monoisotopic (exact) mass is 342 g/mol.